The van der Waals surface area contributed by atoms with Crippen molar-refractivity contribution in [2.45, 2.75) is 0 Å². The van der Waals surface area contributed by atoms with Gasteiger partial charge in [-0.25, -0.2) is 14.1 Å². The number of carbonyl (C=O) groups is 3. The third-order valence-corrected chi connectivity index (χ3v) is 2.69. The van der Waals surface area contributed by atoms with Crippen molar-refractivity contribution < 1.29 is 28.2 Å². The van der Waals surface area contributed by atoms with Crippen LogP contribution in [0.4, 0.5) is 4.39 Å². The molecule has 0 saturated heterocycles. The van der Waals surface area contributed by atoms with E-state index in [-0.39, 0.29) is 11.1 Å². The lowest BCUT2D eigenvalue weighted by Gasteiger charge is -2.15. The van der Waals surface area contributed by atoms with Crippen LogP contribution in [-0.2, 0) is 14.3 Å². The van der Waals surface area contributed by atoms with Crippen molar-refractivity contribution >= 4 is 17.8 Å². The normalized spacial score (nSPS) is 14.3. The smallest absolute Gasteiger partial charge is 0.358 e. The summed E-state index contributed by atoms with van der Waals surface area (Å²) in [5.41, 5.74) is -0.156. The molecular formula is C13H10FNO5. The number of hydrogen-bond donors (Lipinski definition) is 0. The molecule has 6 nitrogen and oxygen atoms in total. The number of fused-ring (bicyclic) bond motifs is 1. The number of hydrogen-bond acceptors (Lipinski definition) is 5. The molecule has 1 aliphatic heterocycles. The van der Waals surface area contributed by atoms with Gasteiger partial charge in [0.15, 0.2) is 5.70 Å². The summed E-state index contributed by atoms with van der Waals surface area (Å²) in [5, 5.41) is 0. The second-order valence-electron chi connectivity index (χ2n) is 3.76. The van der Waals surface area contributed by atoms with Gasteiger partial charge in [-0.1, -0.05) is 12.1 Å². The van der Waals surface area contributed by atoms with Crippen molar-refractivity contribution in [3.05, 3.63) is 47.4 Å². The maximum absolute atomic E-state index is 12.1. The van der Waals surface area contributed by atoms with E-state index in [1.165, 1.54) is 12.1 Å². The second kappa shape index (κ2) is 5.52. The lowest BCUT2D eigenvalue weighted by Crippen LogP contribution is -2.33. The highest BCUT2D eigenvalue weighted by Gasteiger charge is 2.40. The van der Waals surface area contributed by atoms with Crippen molar-refractivity contribution in [2.24, 2.45) is 0 Å². The Morgan fingerprint density at radius 3 is 2.25 bits per heavy atom. The molecule has 2 amide bonds. The highest BCUT2D eigenvalue weighted by Crippen LogP contribution is 2.26. The number of carbonyl (C=O) groups excluding carboxylic acids is 3. The zero-order chi connectivity index (χ0) is 14.7. The van der Waals surface area contributed by atoms with Gasteiger partial charge in [-0.05, 0) is 12.1 Å². The quantitative estimate of drug-likeness (QED) is 0.359. The first-order chi connectivity index (χ1) is 9.61. The summed E-state index contributed by atoms with van der Waals surface area (Å²) in [6.07, 6.45) is 0.688. The van der Waals surface area contributed by atoms with Gasteiger partial charge in [0.2, 0.25) is 6.86 Å². The van der Waals surface area contributed by atoms with Gasteiger partial charge in [0.05, 0.1) is 18.2 Å². The van der Waals surface area contributed by atoms with E-state index in [4.69, 9.17) is 0 Å². The standard InChI is InChI=1S/C13H10FNO5/c1-19-13(18)10(6-20-7-14)15-11(16)8-4-2-3-5-9(8)12(15)17/h2-6H,7H2,1H3/b10-6+. The predicted molar refractivity (Wildman–Crippen MR) is 64.1 cm³/mol. The first-order valence-electron chi connectivity index (χ1n) is 5.55. The van der Waals surface area contributed by atoms with Gasteiger partial charge in [0.25, 0.3) is 11.8 Å². The van der Waals surface area contributed by atoms with Crippen LogP contribution in [0, 0.1) is 0 Å². The number of amides is 2. The summed E-state index contributed by atoms with van der Waals surface area (Å²) in [7, 11) is 1.07. The molecule has 0 radical (unpaired) electrons. The molecule has 20 heavy (non-hydrogen) atoms. The molecule has 1 aliphatic rings. The van der Waals surface area contributed by atoms with Crippen molar-refractivity contribution in [3.8, 4) is 0 Å². The van der Waals surface area contributed by atoms with Crippen molar-refractivity contribution in [2.75, 3.05) is 14.0 Å². The molecule has 0 unspecified atom stereocenters. The van der Waals surface area contributed by atoms with Crippen LogP contribution in [0.25, 0.3) is 0 Å². The monoisotopic (exact) mass is 279 g/mol. The number of benzene rings is 1. The van der Waals surface area contributed by atoms with E-state index in [1.54, 1.807) is 12.1 Å². The number of methoxy groups -OCH3 is 1. The molecule has 0 bridgehead atoms. The molecular weight excluding hydrogens is 269 g/mol. The Kier molecular flexibility index (Phi) is 3.79. The summed E-state index contributed by atoms with van der Waals surface area (Å²) >= 11 is 0. The SMILES string of the molecule is COC(=O)/C(=C\OCF)N1C(=O)c2ccccc2C1=O. The number of imide groups is 1. The predicted octanol–water partition coefficient (Wildman–Crippen LogP) is 1.24. The number of ether oxygens (including phenoxy) is 2. The average Bonchev–Trinajstić information content (AvgIpc) is 2.73. The van der Waals surface area contributed by atoms with Gasteiger partial charge in [-0.2, -0.15) is 0 Å². The minimum Gasteiger partial charge on any atom is -0.468 e. The Labute approximate surface area is 113 Å². The Bertz CT molecular complexity index is 576. The number of esters is 1. The van der Waals surface area contributed by atoms with Crippen LogP contribution in [-0.4, -0.2) is 36.7 Å². The molecule has 0 aliphatic carbocycles. The minimum atomic E-state index is -1.20. The van der Waals surface area contributed by atoms with Gasteiger partial charge >= 0.3 is 5.97 Å². The zero-order valence-electron chi connectivity index (χ0n) is 10.5. The number of halogens is 1. The number of rotatable bonds is 4. The highest BCUT2D eigenvalue weighted by atomic mass is 19.1. The van der Waals surface area contributed by atoms with E-state index in [1.807, 2.05) is 0 Å². The topological polar surface area (TPSA) is 72.9 Å². The third kappa shape index (κ3) is 2.13. The zero-order valence-corrected chi connectivity index (χ0v) is 10.5. The summed E-state index contributed by atoms with van der Waals surface area (Å²) in [6.45, 7) is -1.20. The third-order valence-electron chi connectivity index (χ3n) is 2.69. The average molecular weight is 279 g/mol. The molecule has 2 rings (SSSR count). The fourth-order valence-electron chi connectivity index (χ4n) is 1.82. The van der Waals surface area contributed by atoms with Crippen LogP contribution in [0.5, 0.6) is 0 Å². The molecule has 1 aromatic carbocycles. The van der Waals surface area contributed by atoms with E-state index in [0.29, 0.717) is 11.2 Å². The second-order valence-corrected chi connectivity index (χ2v) is 3.76. The Hall–Kier alpha value is -2.70. The molecule has 1 aromatic rings. The van der Waals surface area contributed by atoms with E-state index in [2.05, 4.69) is 9.47 Å². The summed E-state index contributed by atoms with van der Waals surface area (Å²) in [4.78, 5) is 36.5. The van der Waals surface area contributed by atoms with Crippen LogP contribution in [0.1, 0.15) is 20.7 Å². The molecule has 0 atom stereocenters. The van der Waals surface area contributed by atoms with Gasteiger partial charge < -0.3 is 9.47 Å². The van der Waals surface area contributed by atoms with Crippen molar-refractivity contribution in [1.82, 2.24) is 4.90 Å². The van der Waals surface area contributed by atoms with Crippen LogP contribution < -0.4 is 0 Å². The Balaban J connectivity index is 2.45. The van der Waals surface area contributed by atoms with Gasteiger partial charge in [0.1, 0.15) is 6.26 Å². The molecule has 1 heterocycles. The summed E-state index contributed by atoms with van der Waals surface area (Å²) < 4.78 is 20.9. The highest BCUT2D eigenvalue weighted by molar-refractivity contribution is 6.24. The molecule has 104 valence electrons. The van der Waals surface area contributed by atoms with E-state index in [0.717, 1.165) is 7.11 Å². The maximum Gasteiger partial charge on any atom is 0.358 e. The Morgan fingerprint density at radius 1 is 1.25 bits per heavy atom. The first-order valence-corrected chi connectivity index (χ1v) is 5.55. The fourth-order valence-corrected chi connectivity index (χ4v) is 1.82. The molecule has 0 fully saturated rings. The van der Waals surface area contributed by atoms with E-state index >= 15 is 0 Å². The number of nitrogens with zero attached hydrogens (tertiary/aromatic N) is 1. The van der Waals surface area contributed by atoms with Gasteiger partial charge in [-0.15, -0.1) is 0 Å². The van der Waals surface area contributed by atoms with Crippen LogP contribution in [0.15, 0.2) is 36.2 Å². The molecule has 0 spiro atoms. The fraction of sp³-hybridized carbons (Fsp3) is 0.154. The van der Waals surface area contributed by atoms with Crippen LogP contribution >= 0.6 is 0 Å². The lowest BCUT2D eigenvalue weighted by molar-refractivity contribution is -0.137. The molecule has 0 N–H and O–H groups in total. The molecule has 7 heteroatoms. The first kappa shape index (κ1) is 13.7. The summed E-state index contributed by atoms with van der Waals surface area (Å²) in [5.74, 6) is -2.36. The number of alkyl halides is 1. The van der Waals surface area contributed by atoms with E-state index < -0.39 is 30.3 Å². The maximum atomic E-state index is 12.1. The molecule has 0 aromatic heterocycles. The largest absolute Gasteiger partial charge is 0.468 e. The minimum absolute atomic E-state index is 0.160. The molecule has 0 saturated carbocycles. The van der Waals surface area contributed by atoms with Gasteiger partial charge in [-0.3, -0.25) is 9.59 Å². The van der Waals surface area contributed by atoms with Crippen molar-refractivity contribution in [3.63, 3.8) is 0 Å². The van der Waals surface area contributed by atoms with Gasteiger partial charge in [0, 0.05) is 0 Å². The van der Waals surface area contributed by atoms with E-state index in [9.17, 15) is 18.8 Å². The van der Waals surface area contributed by atoms with Crippen LogP contribution in [0.2, 0.25) is 0 Å². The van der Waals surface area contributed by atoms with Crippen molar-refractivity contribution in [1.29, 1.82) is 0 Å². The lowest BCUT2D eigenvalue weighted by atomic mass is 10.1. The Morgan fingerprint density at radius 2 is 1.80 bits per heavy atom. The van der Waals surface area contributed by atoms with Crippen LogP contribution in [0.3, 0.4) is 0 Å². The summed E-state index contributed by atoms with van der Waals surface area (Å²) in [6, 6.07) is 6.10.